The van der Waals surface area contributed by atoms with Crippen molar-refractivity contribution in [3.63, 3.8) is 0 Å². The maximum absolute atomic E-state index is 5.48. The Balaban J connectivity index is 1.92. The molecular formula is C22H32N4O. The fourth-order valence-electron chi connectivity index (χ4n) is 2.94. The molecule has 2 aromatic carbocycles. The minimum absolute atomic E-state index is 0.375. The molecule has 1 atom stereocenters. The molecule has 0 saturated heterocycles. The largest absolute Gasteiger partial charge is 0.496 e. The number of rotatable bonds is 8. The number of guanidine groups is 1. The van der Waals surface area contributed by atoms with Gasteiger partial charge in [0.15, 0.2) is 5.96 Å². The van der Waals surface area contributed by atoms with Crippen LogP contribution >= 0.6 is 0 Å². The van der Waals surface area contributed by atoms with Crippen LogP contribution in [0.15, 0.2) is 53.5 Å². The molecule has 0 bridgehead atoms. The van der Waals surface area contributed by atoms with E-state index in [1.165, 1.54) is 11.1 Å². The molecule has 0 aliphatic heterocycles. The highest BCUT2D eigenvalue weighted by molar-refractivity contribution is 5.79. The van der Waals surface area contributed by atoms with Crippen molar-refractivity contribution >= 4 is 5.96 Å². The molecule has 0 radical (unpaired) electrons. The van der Waals surface area contributed by atoms with Crippen molar-refractivity contribution in [3.8, 4) is 5.75 Å². The van der Waals surface area contributed by atoms with Gasteiger partial charge in [-0.05, 0) is 44.6 Å². The average molecular weight is 369 g/mol. The van der Waals surface area contributed by atoms with Crippen LogP contribution in [0.4, 0.5) is 0 Å². The van der Waals surface area contributed by atoms with Crippen LogP contribution in [0.5, 0.6) is 5.75 Å². The third kappa shape index (κ3) is 6.61. The lowest BCUT2D eigenvalue weighted by molar-refractivity contribution is 0.290. The van der Waals surface area contributed by atoms with Crippen molar-refractivity contribution in [1.29, 1.82) is 0 Å². The second kappa shape index (κ2) is 10.6. The van der Waals surface area contributed by atoms with Crippen molar-refractivity contribution in [3.05, 3.63) is 65.2 Å². The van der Waals surface area contributed by atoms with E-state index in [4.69, 9.17) is 4.74 Å². The Kier molecular flexibility index (Phi) is 8.14. The molecule has 0 aliphatic carbocycles. The number of hydrogen-bond acceptors (Lipinski definition) is 3. The van der Waals surface area contributed by atoms with Gasteiger partial charge in [0.05, 0.1) is 7.11 Å². The maximum Gasteiger partial charge on any atom is 0.191 e. The first-order valence-corrected chi connectivity index (χ1v) is 9.32. The summed E-state index contributed by atoms with van der Waals surface area (Å²) in [4.78, 5) is 6.60. The highest BCUT2D eigenvalue weighted by Crippen LogP contribution is 2.19. The van der Waals surface area contributed by atoms with Gasteiger partial charge in [-0.2, -0.15) is 0 Å². The number of likely N-dealkylation sites (N-methyl/N-ethyl adjacent to an activating group) is 1. The Morgan fingerprint density at radius 2 is 1.85 bits per heavy atom. The zero-order chi connectivity index (χ0) is 19.6. The zero-order valence-corrected chi connectivity index (χ0v) is 17.1. The molecule has 5 nitrogen and oxygen atoms in total. The summed E-state index contributed by atoms with van der Waals surface area (Å²) in [7, 11) is 7.73. The van der Waals surface area contributed by atoms with Crippen molar-refractivity contribution in [1.82, 2.24) is 15.5 Å². The summed E-state index contributed by atoms with van der Waals surface area (Å²) in [6.07, 6.45) is 0.990. The minimum atomic E-state index is 0.375. The van der Waals surface area contributed by atoms with Crippen molar-refractivity contribution in [2.45, 2.75) is 25.9 Å². The molecule has 0 saturated carbocycles. The molecule has 146 valence electrons. The van der Waals surface area contributed by atoms with Gasteiger partial charge in [0.2, 0.25) is 0 Å². The molecule has 5 heteroatoms. The molecule has 2 aromatic rings. The number of hydrogen-bond donors (Lipinski definition) is 2. The van der Waals surface area contributed by atoms with Gasteiger partial charge in [0, 0.05) is 31.7 Å². The van der Waals surface area contributed by atoms with Gasteiger partial charge in [0.1, 0.15) is 5.75 Å². The third-order valence-electron chi connectivity index (χ3n) is 4.66. The molecule has 2 N–H and O–H groups in total. The lowest BCUT2D eigenvalue weighted by Gasteiger charge is -2.26. The first-order valence-electron chi connectivity index (χ1n) is 9.32. The lowest BCUT2D eigenvalue weighted by Crippen LogP contribution is -2.45. The summed E-state index contributed by atoms with van der Waals surface area (Å²) in [5, 5.41) is 6.83. The number of nitrogens with one attached hydrogen (secondary N) is 2. The lowest BCUT2D eigenvalue weighted by atomic mass is 10.1. The van der Waals surface area contributed by atoms with Crippen molar-refractivity contribution in [2.24, 2.45) is 4.99 Å². The summed E-state index contributed by atoms with van der Waals surface area (Å²) in [6, 6.07) is 17.2. The quantitative estimate of drug-likeness (QED) is 0.556. The van der Waals surface area contributed by atoms with Gasteiger partial charge in [-0.1, -0.05) is 42.5 Å². The number of ether oxygens (including phenoxy) is 1. The Hall–Kier alpha value is -2.53. The molecule has 0 amide bonds. The second-order valence-electron chi connectivity index (χ2n) is 6.93. The molecule has 2 rings (SSSR count). The van der Waals surface area contributed by atoms with Gasteiger partial charge in [-0.15, -0.1) is 0 Å². The van der Waals surface area contributed by atoms with Gasteiger partial charge in [0.25, 0.3) is 0 Å². The Morgan fingerprint density at radius 1 is 1.11 bits per heavy atom. The Bertz CT molecular complexity index is 728. The highest BCUT2D eigenvalue weighted by Gasteiger charge is 2.13. The molecular weight excluding hydrogens is 336 g/mol. The van der Waals surface area contributed by atoms with E-state index in [0.29, 0.717) is 12.6 Å². The van der Waals surface area contributed by atoms with E-state index in [-0.39, 0.29) is 0 Å². The number of aryl methyl sites for hydroxylation is 1. The van der Waals surface area contributed by atoms with E-state index in [1.54, 1.807) is 14.2 Å². The van der Waals surface area contributed by atoms with Crippen LogP contribution in [0.1, 0.15) is 16.7 Å². The summed E-state index contributed by atoms with van der Waals surface area (Å²) in [5.41, 5.74) is 3.64. The molecule has 0 spiro atoms. The van der Waals surface area contributed by atoms with Crippen molar-refractivity contribution < 1.29 is 4.74 Å². The molecule has 0 heterocycles. The summed E-state index contributed by atoms with van der Waals surface area (Å²) in [6.45, 7) is 3.54. The van der Waals surface area contributed by atoms with E-state index in [9.17, 15) is 0 Å². The van der Waals surface area contributed by atoms with Gasteiger partial charge < -0.3 is 20.3 Å². The predicted octanol–water partition coefficient (Wildman–Crippen LogP) is 2.84. The van der Waals surface area contributed by atoms with Crippen LogP contribution in [-0.4, -0.2) is 51.7 Å². The third-order valence-corrected chi connectivity index (χ3v) is 4.66. The van der Waals surface area contributed by atoms with Crippen LogP contribution in [0.2, 0.25) is 0 Å². The van der Waals surface area contributed by atoms with Crippen LogP contribution in [0.25, 0.3) is 0 Å². The highest BCUT2D eigenvalue weighted by atomic mass is 16.5. The van der Waals surface area contributed by atoms with Gasteiger partial charge in [-0.25, -0.2) is 0 Å². The van der Waals surface area contributed by atoms with Crippen LogP contribution < -0.4 is 15.4 Å². The number of benzene rings is 2. The van der Waals surface area contributed by atoms with E-state index in [1.807, 2.05) is 0 Å². The van der Waals surface area contributed by atoms with E-state index in [2.05, 4.69) is 90.1 Å². The average Bonchev–Trinajstić information content (AvgIpc) is 2.68. The second-order valence-corrected chi connectivity index (χ2v) is 6.93. The van der Waals surface area contributed by atoms with Gasteiger partial charge >= 0.3 is 0 Å². The fourth-order valence-corrected chi connectivity index (χ4v) is 2.94. The van der Waals surface area contributed by atoms with Crippen LogP contribution in [0.3, 0.4) is 0 Å². The first-order chi connectivity index (χ1) is 13.0. The predicted molar refractivity (Wildman–Crippen MR) is 114 cm³/mol. The molecule has 0 aromatic heterocycles. The van der Waals surface area contributed by atoms with E-state index in [0.717, 1.165) is 30.2 Å². The van der Waals surface area contributed by atoms with Gasteiger partial charge in [-0.3, -0.25) is 4.99 Å². The Morgan fingerprint density at radius 3 is 2.48 bits per heavy atom. The molecule has 0 aliphatic rings. The summed E-state index contributed by atoms with van der Waals surface area (Å²) in [5.74, 6) is 1.69. The van der Waals surface area contributed by atoms with Crippen LogP contribution in [-0.2, 0) is 13.0 Å². The maximum atomic E-state index is 5.48. The first kappa shape index (κ1) is 20.8. The molecule has 27 heavy (non-hydrogen) atoms. The van der Waals surface area contributed by atoms with E-state index < -0.39 is 0 Å². The SMILES string of the molecule is CN=C(NCc1ccc(C)cc1OC)NCC(Cc1ccccc1)N(C)C. The minimum Gasteiger partial charge on any atom is -0.496 e. The smallest absolute Gasteiger partial charge is 0.191 e. The zero-order valence-electron chi connectivity index (χ0n) is 17.1. The molecule has 1 unspecified atom stereocenters. The standard InChI is InChI=1S/C22H32N4O/c1-17-11-12-19(21(13-17)27-5)15-24-22(23-2)25-16-20(26(3)4)14-18-9-7-6-8-10-18/h6-13,20H,14-16H2,1-5H3,(H2,23,24,25). The van der Waals surface area contributed by atoms with E-state index >= 15 is 0 Å². The number of methoxy groups -OCH3 is 1. The number of nitrogens with zero attached hydrogens (tertiary/aromatic N) is 2. The number of aliphatic imine (C=N–C) groups is 1. The monoisotopic (exact) mass is 368 g/mol. The van der Waals surface area contributed by atoms with Crippen molar-refractivity contribution in [2.75, 3.05) is 34.8 Å². The fraction of sp³-hybridized carbons (Fsp3) is 0.409. The molecule has 0 fully saturated rings. The topological polar surface area (TPSA) is 48.9 Å². The summed E-state index contributed by atoms with van der Waals surface area (Å²) >= 11 is 0. The summed E-state index contributed by atoms with van der Waals surface area (Å²) < 4.78 is 5.48. The Labute approximate surface area is 163 Å². The normalized spacial score (nSPS) is 12.7. The van der Waals surface area contributed by atoms with Crippen LogP contribution in [0, 0.1) is 6.92 Å².